The average Bonchev–Trinajstić information content (AvgIpc) is 2.31. The van der Waals surface area contributed by atoms with Gasteiger partial charge in [0.1, 0.15) is 5.82 Å². The van der Waals surface area contributed by atoms with Crippen LogP contribution < -0.4 is 4.90 Å². The van der Waals surface area contributed by atoms with Crippen molar-refractivity contribution in [2.75, 3.05) is 18.0 Å². The van der Waals surface area contributed by atoms with E-state index >= 15 is 0 Å². The predicted molar refractivity (Wildman–Crippen MR) is 64.3 cm³/mol. The van der Waals surface area contributed by atoms with Crippen LogP contribution in [0.3, 0.4) is 0 Å². The molecule has 0 aliphatic rings. The Hall–Kier alpha value is -1.80. The summed E-state index contributed by atoms with van der Waals surface area (Å²) in [4.78, 5) is 16.6. The summed E-state index contributed by atoms with van der Waals surface area (Å²) in [6.07, 6.45) is 1.63. The first-order valence-electron chi connectivity index (χ1n) is 5.10. The molecule has 0 amide bonds. The molecule has 0 bridgehead atoms. The molecule has 0 radical (unpaired) electrons. The zero-order valence-electron chi connectivity index (χ0n) is 9.35. The van der Waals surface area contributed by atoms with E-state index in [2.05, 4.69) is 4.98 Å². The zero-order chi connectivity index (χ0) is 12.8. The van der Waals surface area contributed by atoms with Crippen LogP contribution in [-0.4, -0.2) is 29.1 Å². The van der Waals surface area contributed by atoms with Crippen LogP contribution >= 0.6 is 11.6 Å². The van der Waals surface area contributed by atoms with Crippen molar-refractivity contribution in [2.24, 2.45) is 0 Å². The van der Waals surface area contributed by atoms with E-state index in [1.165, 1.54) is 12.3 Å². The average molecular weight is 254 g/mol. The summed E-state index contributed by atoms with van der Waals surface area (Å²) in [5.74, 6) is -0.555. The van der Waals surface area contributed by atoms with Crippen LogP contribution in [0.5, 0.6) is 0 Å². The number of rotatable bonds is 5. The molecule has 90 valence electrons. The van der Waals surface area contributed by atoms with E-state index in [4.69, 9.17) is 22.0 Å². The van der Waals surface area contributed by atoms with Crippen molar-refractivity contribution in [3.05, 3.63) is 22.8 Å². The molecule has 1 aromatic rings. The van der Waals surface area contributed by atoms with Gasteiger partial charge in [0, 0.05) is 19.3 Å². The van der Waals surface area contributed by atoms with Crippen LogP contribution in [-0.2, 0) is 0 Å². The van der Waals surface area contributed by atoms with Gasteiger partial charge in [0.15, 0.2) is 0 Å². The number of carbonyl (C=O) groups is 1. The summed E-state index contributed by atoms with van der Waals surface area (Å²) in [7, 11) is 0. The van der Waals surface area contributed by atoms with Gasteiger partial charge in [-0.15, -0.1) is 0 Å². The summed E-state index contributed by atoms with van der Waals surface area (Å²) in [5.41, 5.74) is 0.0510. The van der Waals surface area contributed by atoms with Crippen molar-refractivity contribution >= 4 is 23.4 Å². The molecule has 0 unspecified atom stereocenters. The SMILES string of the molecule is CCN(CCC#N)c1ncc(C(=O)O)cc1Cl. The number of hydrogen-bond donors (Lipinski definition) is 1. The molecule has 0 spiro atoms. The Bertz CT molecular complexity index is 457. The second kappa shape index (κ2) is 6.06. The fourth-order valence-electron chi connectivity index (χ4n) is 1.38. The molecule has 0 atom stereocenters. The summed E-state index contributed by atoms with van der Waals surface area (Å²) in [5, 5.41) is 17.6. The molecule has 5 nitrogen and oxygen atoms in total. The summed E-state index contributed by atoms with van der Waals surface area (Å²) < 4.78 is 0. The summed E-state index contributed by atoms with van der Waals surface area (Å²) in [6, 6.07) is 3.41. The molecule has 0 fully saturated rings. The lowest BCUT2D eigenvalue weighted by Crippen LogP contribution is -2.25. The molecule has 1 rings (SSSR count). The monoisotopic (exact) mass is 253 g/mol. The van der Waals surface area contributed by atoms with Crippen molar-refractivity contribution in [3.8, 4) is 6.07 Å². The molecule has 17 heavy (non-hydrogen) atoms. The van der Waals surface area contributed by atoms with Crippen LogP contribution in [0.15, 0.2) is 12.3 Å². The van der Waals surface area contributed by atoms with E-state index in [1.807, 2.05) is 17.9 Å². The Kier molecular flexibility index (Phi) is 4.73. The number of hydrogen-bond acceptors (Lipinski definition) is 4. The lowest BCUT2D eigenvalue weighted by molar-refractivity contribution is 0.0696. The van der Waals surface area contributed by atoms with E-state index in [1.54, 1.807) is 0 Å². The van der Waals surface area contributed by atoms with Gasteiger partial charge in [0.25, 0.3) is 0 Å². The zero-order valence-corrected chi connectivity index (χ0v) is 10.1. The fraction of sp³-hybridized carbons (Fsp3) is 0.364. The van der Waals surface area contributed by atoms with Gasteiger partial charge in [-0.25, -0.2) is 9.78 Å². The van der Waals surface area contributed by atoms with Gasteiger partial charge in [-0.1, -0.05) is 11.6 Å². The number of halogens is 1. The second-order valence-electron chi connectivity index (χ2n) is 3.32. The Morgan fingerprint density at radius 2 is 2.41 bits per heavy atom. The van der Waals surface area contributed by atoms with Crippen molar-refractivity contribution in [1.82, 2.24) is 4.98 Å². The minimum absolute atomic E-state index is 0.0510. The number of aromatic carboxylic acids is 1. The van der Waals surface area contributed by atoms with Gasteiger partial charge in [-0.3, -0.25) is 0 Å². The molecule has 0 saturated heterocycles. The quantitative estimate of drug-likeness (QED) is 0.870. The third kappa shape index (κ3) is 3.33. The fourth-order valence-corrected chi connectivity index (χ4v) is 1.66. The number of pyridine rings is 1. The van der Waals surface area contributed by atoms with E-state index in [9.17, 15) is 4.79 Å². The number of carboxylic acids is 1. The highest BCUT2D eigenvalue weighted by atomic mass is 35.5. The number of nitriles is 1. The molecule has 0 saturated carbocycles. The number of anilines is 1. The van der Waals surface area contributed by atoms with Crippen LogP contribution in [0, 0.1) is 11.3 Å². The number of nitrogens with zero attached hydrogens (tertiary/aromatic N) is 3. The van der Waals surface area contributed by atoms with Crippen LogP contribution in [0.2, 0.25) is 5.02 Å². The minimum Gasteiger partial charge on any atom is -0.478 e. The number of aromatic nitrogens is 1. The third-order valence-corrected chi connectivity index (χ3v) is 2.52. The molecule has 1 aromatic heterocycles. The third-order valence-electron chi connectivity index (χ3n) is 2.24. The van der Waals surface area contributed by atoms with Gasteiger partial charge < -0.3 is 10.0 Å². The minimum atomic E-state index is -1.06. The predicted octanol–water partition coefficient (Wildman–Crippen LogP) is 2.17. The lowest BCUT2D eigenvalue weighted by Gasteiger charge is -2.21. The smallest absolute Gasteiger partial charge is 0.337 e. The van der Waals surface area contributed by atoms with Gasteiger partial charge >= 0.3 is 5.97 Å². The Balaban J connectivity index is 2.97. The van der Waals surface area contributed by atoms with E-state index in [0.717, 1.165) is 0 Å². The van der Waals surface area contributed by atoms with Crippen LogP contribution in [0.1, 0.15) is 23.7 Å². The number of carboxylic acid groups (broad SMARTS) is 1. The largest absolute Gasteiger partial charge is 0.478 e. The lowest BCUT2D eigenvalue weighted by atomic mass is 10.2. The summed E-state index contributed by atoms with van der Waals surface area (Å²) in [6.45, 7) is 3.09. The molecule has 0 aliphatic carbocycles. The van der Waals surface area contributed by atoms with Crippen LogP contribution in [0.4, 0.5) is 5.82 Å². The maximum Gasteiger partial charge on any atom is 0.337 e. The normalized spacial score (nSPS) is 9.71. The second-order valence-corrected chi connectivity index (χ2v) is 3.73. The molecule has 6 heteroatoms. The molecule has 1 heterocycles. The van der Waals surface area contributed by atoms with Crippen molar-refractivity contribution in [3.63, 3.8) is 0 Å². The molecule has 0 aromatic carbocycles. The van der Waals surface area contributed by atoms with Gasteiger partial charge in [-0.2, -0.15) is 5.26 Å². The maximum absolute atomic E-state index is 10.7. The first kappa shape index (κ1) is 13.3. The van der Waals surface area contributed by atoms with Crippen LogP contribution in [0.25, 0.3) is 0 Å². The van der Waals surface area contributed by atoms with Gasteiger partial charge in [0.2, 0.25) is 0 Å². The summed E-state index contributed by atoms with van der Waals surface area (Å²) >= 11 is 5.98. The van der Waals surface area contributed by atoms with Gasteiger partial charge in [0.05, 0.1) is 23.1 Å². The molecular weight excluding hydrogens is 242 g/mol. The van der Waals surface area contributed by atoms with E-state index in [0.29, 0.717) is 25.3 Å². The standard InChI is InChI=1S/C11H12ClN3O2/c1-2-15(5-3-4-13)10-9(12)6-8(7-14-10)11(16)17/h6-7H,2-3,5H2,1H3,(H,16,17). The molecule has 1 N–H and O–H groups in total. The maximum atomic E-state index is 10.7. The van der Waals surface area contributed by atoms with Gasteiger partial charge in [-0.05, 0) is 13.0 Å². The first-order chi connectivity index (χ1) is 8.10. The van der Waals surface area contributed by atoms with E-state index in [-0.39, 0.29) is 10.6 Å². The van der Waals surface area contributed by atoms with Crippen molar-refractivity contribution in [2.45, 2.75) is 13.3 Å². The highest BCUT2D eigenvalue weighted by Crippen LogP contribution is 2.24. The van der Waals surface area contributed by atoms with Crippen molar-refractivity contribution < 1.29 is 9.90 Å². The Labute approximate surface area is 104 Å². The van der Waals surface area contributed by atoms with Crippen molar-refractivity contribution in [1.29, 1.82) is 5.26 Å². The molecular formula is C11H12ClN3O2. The highest BCUT2D eigenvalue weighted by Gasteiger charge is 2.13. The Morgan fingerprint density at radius 3 is 2.88 bits per heavy atom. The molecule has 0 aliphatic heterocycles. The highest BCUT2D eigenvalue weighted by molar-refractivity contribution is 6.33. The Morgan fingerprint density at radius 1 is 1.71 bits per heavy atom. The van der Waals surface area contributed by atoms with E-state index < -0.39 is 5.97 Å². The topological polar surface area (TPSA) is 77.2 Å². The first-order valence-corrected chi connectivity index (χ1v) is 5.48.